The van der Waals surface area contributed by atoms with Crippen molar-refractivity contribution < 1.29 is 47.7 Å². The molecule has 0 aliphatic heterocycles. The van der Waals surface area contributed by atoms with Crippen molar-refractivity contribution in [2.45, 2.75) is 24.0 Å². The fraction of sp³-hybridized carbons (Fsp3) is 0.429. The summed E-state index contributed by atoms with van der Waals surface area (Å²) in [5, 5.41) is 6.15. The van der Waals surface area contributed by atoms with Gasteiger partial charge in [-0.25, -0.2) is 13.4 Å². The first-order valence-corrected chi connectivity index (χ1v) is 13.5. The van der Waals surface area contributed by atoms with Gasteiger partial charge in [0, 0.05) is 24.2 Å². The van der Waals surface area contributed by atoms with Crippen molar-refractivity contribution in [2.24, 2.45) is 14.1 Å². The van der Waals surface area contributed by atoms with Gasteiger partial charge < -0.3 is 14.1 Å². The minimum absolute atomic E-state index is 0.0966. The second-order valence-corrected chi connectivity index (χ2v) is 8.03. The van der Waals surface area contributed by atoms with E-state index >= 15 is 0 Å². The number of rotatable bonds is 4. The second-order valence-electron chi connectivity index (χ2n) is 5.83. The van der Waals surface area contributed by atoms with Gasteiger partial charge in [0.1, 0.15) is 21.0 Å². The van der Waals surface area contributed by atoms with Crippen molar-refractivity contribution in [3.63, 3.8) is 0 Å². The molecule has 0 aliphatic carbocycles. The Morgan fingerprint density at radius 2 is 1.77 bits per heavy atom. The molecule has 0 atom stereocenters. The van der Waals surface area contributed by atoms with Gasteiger partial charge in [-0.3, -0.25) is 0 Å². The zero-order valence-electron chi connectivity index (χ0n) is 15.7. The number of alkyl halides is 5. The normalized spacial score (nSPS) is 12.8. The van der Waals surface area contributed by atoms with Crippen LogP contribution in [-0.2, 0) is 47.2 Å². The van der Waals surface area contributed by atoms with E-state index in [4.69, 9.17) is 9.69 Å². The van der Waals surface area contributed by atoms with Gasteiger partial charge in [0.25, 0.3) is 0 Å². The van der Waals surface area contributed by atoms with Crippen molar-refractivity contribution in [2.75, 3.05) is 5.75 Å². The average molecular weight is 524 g/mol. The van der Waals surface area contributed by atoms with Crippen molar-refractivity contribution in [1.82, 2.24) is 29.3 Å². The van der Waals surface area contributed by atoms with E-state index < -0.39 is 27.6 Å². The Labute approximate surface area is 181 Å². The van der Waals surface area contributed by atoms with Crippen LogP contribution in [0.4, 0.5) is 22.0 Å². The van der Waals surface area contributed by atoms with E-state index in [1.54, 1.807) is 0 Å². The number of aromatic nitrogens is 6. The maximum atomic E-state index is 13.5. The van der Waals surface area contributed by atoms with Crippen molar-refractivity contribution in [3.8, 4) is 11.5 Å². The van der Waals surface area contributed by atoms with Crippen LogP contribution in [-0.4, -0.2) is 49.6 Å². The first kappa shape index (κ1) is 24.5. The summed E-state index contributed by atoms with van der Waals surface area (Å²) in [6, 6.07) is 0.458. The van der Waals surface area contributed by atoms with Gasteiger partial charge in [-0.05, 0) is 18.8 Å². The van der Waals surface area contributed by atoms with E-state index in [1.807, 2.05) is 0 Å². The predicted octanol–water partition coefficient (Wildman–Crippen LogP) is 2.70. The molecule has 16 heteroatoms. The number of imidazole rings is 2. The molecule has 0 saturated heterocycles. The number of hydrogen-bond acceptors (Lipinski definition) is 6. The van der Waals surface area contributed by atoms with Gasteiger partial charge in [0.05, 0.1) is 5.82 Å². The molecule has 160 valence electrons. The molecule has 0 bridgehead atoms. The summed E-state index contributed by atoms with van der Waals surface area (Å²) in [5.74, 6) is -5.57. The summed E-state index contributed by atoms with van der Waals surface area (Å²) in [7, 11) is 3.77. The van der Waals surface area contributed by atoms with E-state index in [2.05, 4.69) is 26.5 Å². The molecule has 0 N–H and O–H groups in total. The van der Waals surface area contributed by atoms with Crippen LogP contribution < -0.4 is 0 Å². The van der Waals surface area contributed by atoms with Gasteiger partial charge in [-0.2, -0.15) is 22.0 Å². The van der Waals surface area contributed by atoms with Gasteiger partial charge in [-0.15, -0.1) is 10.2 Å². The summed E-state index contributed by atoms with van der Waals surface area (Å²) in [5.41, 5.74) is -2.20. The minimum atomic E-state index is -5.86. The molecule has 3 aromatic rings. The summed E-state index contributed by atoms with van der Waals surface area (Å²) in [6.07, 6.45) is -3.42. The first-order chi connectivity index (χ1) is 13.8. The Hall–Kier alpha value is -1.73. The van der Waals surface area contributed by atoms with Crippen LogP contribution in [0.1, 0.15) is 12.6 Å². The third-order valence-corrected chi connectivity index (χ3v) is 5.82. The fourth-order valence-electron chi connectivity index (χ4n) is 2.51. The average Bonchev–Trinajstić information content (AvgIpc) is 3.22. The zero-order chi connectivity index (χ0) is 23.1. The maximum absolute atomic E-state index is 13.5. The molecule has 0 fully saturated rings. The molecular formula is C14H12ClF5N6O2SZn. The molecule has 3 heterocycles. The zero-order valence-corrected chi connectivity index (χ0v) is 20.2. The van der Waals surface area contributed by atoms with E-state index in [9.17, 15) is 30.4 Å². The Kier molecular flexibility index (Phi) is 6.89. The van der Waals surface area contributed by atoms with Crippen LogP contribution in [0.3, 0.4) is 0 Å². The predicted molar refractivity (Wildman–Crippen MR) is 90.9 cm³/mol. The Balaban J connectivity index is 0.00000155. The van der Waals surface area contributed by atoms with Crippen molar-refractivity contribution in [3.05, 3.63) is 18.1 Å². The van der Waals surface area contributed by atoms with Crippen LogP contribution in [0.2, 0.25) is 0 Å². The molecular weight excluding hydrogens is 512 g/mol. The molecule has 8 nitrogen and oxygen atoms in total. The molecule has 0 spiro atoms. The molecule has 30 heavy (non-hydrogen) atoms. The molecule has 3 aromatic heterocycles. The van der Waals surface area contributed by atoms with Crippen LogP contribution in [0, 0.1) is 6.33 Å². The van der Waals surface area contributed by atoms with Gasteiger partial charge in [0.15, 0.2) is 5.65 Å². The SMILES string of the molecule is CCS(=O)(=O)c1c(-c2nc3cc(C(F)(F)C(F)(F)F)nnc3n2C)n[c-]n1C.[Cl][Zn+]. The van der Waals surface area contributed by atoms with Crippen LogP contribution in [0.25, 0.3) is 22.7 Å². The molecule has 0 radical (unpaired) electrons. The van der Waals surface area contributed by atoms with Gasteiger partial charge in [-0.1, -0.05) is 6.92 Å². The van der Waals surface area contributed by atoms with Crippen molar-refractivity contribution in [1.29, 1.82) is 0 Å². The summed E-state index contributed by atoms with van der Waals surface area (Å²) >= 11 is 0.847. The molecule has 0 unspecified atom stereocenters. The summed E-state index contributed by atoms with van der Waals surface area (Å²) in [4.78, 5) is 7.83. The quantitative estimate of drug-likeness (QED) is 0.296. The van der Waals surface area contributed by atoms with E-state index in [0.29, 0.717) is 6.07 Å². The standard InChI is InChI=1S/C14H12F5N6O2S.ClH.Zn/c1-4-28(26,27)12-9(20-6-24(12)2)11-21-7-5-8(13(15,16)14(17,18)19)22-23-10(7)25(11)3;;/h5H,4H2,1-3H3;1H;/q-1;;+2/p-1. The van der Waals surface area contributed by atoms with Crippen molar-refractivity contribution >= 4 is 30.7 Å². The molecule has 3 rings (SSSR count). The number of halogens is 6. The summed E-state index contributed by atoms with van der Waals surface area (Å²) in [6.45, 7) is 1.41. The van der Waals surface area contributed by atoms with Gasteiger partial charge >= 0.3 is 39.1 Å². The topological polar surface area (TPSA) is 95.6 Å². The number of aryl methyl sites for hydroxylation is 2. The third kappa shape index (κ3) is 4.06. The first-order valence-electron chi connectivity index (χ1n) is 7.90. The van der Waals surface area contributed by atoms with E-state index in [-0.39, 0.29) is 33.5 Å². The fourth-order valence-corrected chi connectivity index (χ4v) is 3.67. The molecule has 0 saturated carbocycles. The summed E-state index contributed by atoms with van der Waals surface area (Å²) < 4.78 is 91.7. The number of fused-ring (bicyclic) bond motifs is 1. The number of nitrogens with zero attached hydrogens (tertiary/aromatic N) is 6. The van der Waals surface area contributed by atoms with E-state index in [0.717, 1.165) is 21.9 Å². The number of sulfone groups is 1. The third-order valence-electron chi connectivity index (χ3n) is 4.00. The Morgan fingerprint density at radius 3 is 2.30 bits per heavy atom. The van der Waals surface area contributed by atoms with Crippen LogP contribution in [0.15, 0.2) is 11.1 Å². The molecule has 0 aliphatic rings. The second kappa shape index (κ2) is 8.42. The Bertz CT molecular complexity index is 1180. The van der Waals surface area contributed by atoms with Crippen LogP contribution >= 0.6 is 9.69 Å². The van der Waals surface area contributed by atoms with Crippen LogP contribution in [0.5, 0.6) is 0 Å². The van der Waals surface area contributed by atoms with Gasteiger partial charge in [0.2, 0.25) is 0 Å². The number of hydrogen-bond donors (Lipinski definition) is 0. The molecule has 0 aromatic carbocycles. The Morgan fingerprint density at radius 1 is 1.17 bits per heavy atom. The molecule has 0 amide bonds. The monoisotopic (exact) mass is 522 g/mol. The van der Waals surface area contributed by atoms with E-state index in [1.165, 1.54) is 25.6 Å².